The van der Waals surface area contributed by atoms with Crippen LogP contribution in [0.5, 0.6) is 0 Å². The first-order valence-electron chi connectivity index (χ1n) is 5.64. The van der Waals surface area contributed by atoms with Crippen LogP contribution in [0.1, 0.15) is 13.8 Å². The van der Waals surface area contributed by atoms with Gasteiger partial charge in [0.1, 0.15) is 0 Å². The maximum atomic E-state index is 11.7. The summed E-state index contributed by atoms with van der Waals surface area (Å²) in [6, 6.07) is 9.56. The van der Waals surface area contributed by atoms with Gasteiger partial charge in [0, 0.05) is 19.3 Å². The summed E-state index contributed by atoms with van der Waals surface area (Å²) < 4.78 is 0. The second-order valence-corrected chi connectivity index (χ2v) is 4.78. The van der Waals surface area contributed by atoms with Gasteiger partial charge in [-0.25, -0.2) is 0 Å². The van der Waals surface area contributed by atoms with Crippen LogP contribution in [0.3, 0.4) is 0 Å². The zero-order chi connectivity index (χ0) is 12.9. The van der Waals surface area contributed by atoms with E-state index in [1.807, 2.05) is 30.3 Å². The van der Waals surface area contributed by atoms with E-state index >= 15 is 0 Å². The van der Waals surface area contributed by atoms with E-state index in [0.29, 0.717) is 6.54 Å². The van der Waals surface area contributed by atoms with Crippen molar-refractivity contribution < 1.29 is 9.90 Å². The Bertz CT molecular complexity index is 357. The lowest BCUT2D eigenvalue weighted by Crippen LogP contribution is -2.41. The lowest BCUT2D eigenvalue weighted by Gasteiger charge is -2.25. The standard InChI is InChI=1S/C13H20N2O2/c1-13(2,17)10-15(3)12(16)9-14-11-7-5-4-6-8-11/h4-8,14,17H,9-10H2,1-3H3. The van der Waals surface area contributed by atoms with Gasteiger partial charge in [-0.05, 0) is 26.0 Å². The van der Waals surface area contributed by atoms with Gasteiger partial charge in [0.2, 0.25) is 5.91 Å². The highest BCUT2D eigenvalue weighted by molar-refractivity contribution is 5.80. The third kappa shape index (κ3) is 5.36. The average Bonchev–Trinajstić information content (AvgIpc) is 2.25. The molecule has 0 aliphatic carbocycles. The van der Waals surface area contributed by atoms with E-state index < -0.39 is 5.60 Å². The molecule has 2 N–H and O–H groups in total. The molecule has 0 fully saturated rings. The minimum atomic E-state index is -0.864. The van der Waals surface area contributed by atoms with Gasteiger partial charge in [0.15, 0.2) is 0 Å². The summed E-state index contributed by atoms with van der Waals surface area (Å²) in [4.78, 5) is 13.3. The number of benzene rings is 1. The number of carbonyl (C=O) groups is 1. The summed E-state index contributed by atoms with van der Waals surface area (Å²) >= 11 is 0. The third-order valence-electron chi connectivity index (χ3n) is 2.27. The summed E-state index contributed by atoms with van der Waals surface area (Å²) in [5, 5.41) is 12.6. The van der Waals surface area contributed by atoms with E-state index in [1.54, 1.807) is 20.9 Å². The van der Waals surface area contributed by atoms with Gasteiger partial charge in [-0.15, -0.1) is 0 Å². The molecule has 94 valence electrons. The van der Waals surface area contributed by atoms with E-state index in [9.17, 15) is 9.90 Å². The Balaban J connectivity index is 2.40. The van der Waals surface area contributed by atoms with E-state index in [2.05, 4.69) is 5.32 Å². The molecule has 1 aromatic carbocycles. The maximum absolute atomic E-state index is 11.7. The quantitative estimate of drug-likeness (QED) is 0.811. The molecule has 0 radical (unpaired) electrons. The molecule has 0 aliphatic rings. The predicted molar refractivity (Wildman–Crippen MR) is 68.9 cm³/mol. The van der Waals surface area contributed by atoms with Gasteiger partial charge in [-0.1, -0.05) is 18.2 Å². The van der Waals surface area contributed by atoms with Gasteiger partial charge >= 0.3 is 0 Å². The molecule has 1 rings (SSSR count). The fraction of sp³-hybridized carbons (Fsp3) is 0.462. The molecule has 0 saturated heterocycles. The lowest BCUT2D eigenvalue weighted by atomic mass is 10.1. The molecule has 4 nitrogen and oxygen atoms in total. The number of anilines is 1. The number of likely N-dealkylation sites (N-methyl/N-ethyl adjacent to an activating group) is 1. The highest BCUT2D eigenvalue weighted by atomic mass is 16.3. The van der Waals surface area contributed by atoms with Crippen molar-refractivity contribution in [2.75, 3.05) is 25.5 Å². The number of nitrogens with one attached hydrogen (secondary N) is 1. The van der Waals surface area contributed by atoms with Crippen LogP contribution in [0.2, 0.25) is 0 Å². The topological polar surface area (TPSA) is 52.6 Å². The van der Waals surface area contributed by atoms with E-state index in [1.165, 1.54) is 4.90 Å². The van der Waals surface area contributed by atoms with Gasteiger partial charge in [0.05, 0.1) is 12.1 Å². The van der Waals surface area contributed by atoms with Crippen LogP contribution in [0, 0.1) is 0 Å². The highest BCUT2D eigenvalue weighted by Crippen LogP contribution is 2.06. The fourth-order valence-corrected chi connectivity index (χ4v) is 1.54. The molecule has 0 bridgehead atoms. The van der Waals surface area contributed by atoms with Gasteiger partial charge < -0.3 is 15.3 Å². The Morgan fingerprint density at radius 1 is 1.35 bits per heavy atom. The van der Waals surface area contributed by atoms with Crippen LogP contribution in [0.25, 0.3) is 0 Å². The normalized spacial score (nSPS) is 11.1. The monoisotopic (exact) mass is 236 g/mol. The number of hydrogen-bond acceptors (Lipinski definition) is 3. The van der Waals surface area contributed by atoms with Gasteiger partial charge in [0.25, 0.3) is 0 Å². The van der Waals surface area contributed by atoms with Crippen molar-refractivity contribution in [1.29, 1.82) is 0 Å². The minimum Gasteiger partial charge on any atom is -0.389 e. The van der Waals surface area contributed by atoms with Crippen LogP contribution >= 0.6 is 0 Å². The van der Waals surface area contributed by atoms with Crippen molar-refractivity contribution in [2.24, 2.45) is 0 Å². The molecule has 0 heterocycles. The number of nitrogens with zero attached hydrogens (tertiary/aromatic N) is 1. The third-order valence-corrected chi connectivity index (χ3v) is 2.27. The molecule has 0 aromatic heterocycles. The van der Waals surface area contributed by atoms with Gasteiger partial charge in [-0.3, -0.25) is 4.79 Å². The van der Waals surface area contributed by atoms with Crippen molar-refractivity contribution in [3.63, 3.8) is 0 Å². The predicted octanol–water partition coefficient (Wildman–Crippen LogP) is 1.33. The van der Waals surface area contributed by atoms with Crippen molar-refractivity contribution in [2.45, 2.75) is 19.4 Å². The Morgan fingerprint density at radius 3 is 2.47 bits per heavy atom. The molecular formula is C13H20N2O2. The smallest absolute Gasteiger partial charge is 0.241 e. The Kier molecular flexibility index (Phi) is 4.52. The average molecular weight is 236 g/mol. The van der Waals surface area contributed by atoms with Crippen molar-refractivity contribution in [3.05, 3.63) is 30.3 Å². The Hall–Kier alpha value is -1.55. The zero-order valence-corrected chi connectivity index (χ0v) is 10.6. The molecule has 0 atom stereocenters. The molecule has 0 spiro atoms. The van der Waals surface area contributed by atoms with E-state index in [4.69, 9.17) is 0 Å². The first kappa shape index (κ1) is 13.5. The highest BCUT2D eigenvalue weighted by Gasteiger charge is 2.18. The number of para-hydroxylation sites is 1. The first-order chi connectivity index (χ1) is 7.88. The zero-order valence-electron chi connectivity index (χ0n) is 10.6. The summed E-state index contributed by atoms with van der Waals surface area (Å²) in [6.07, 6.45) is 0. The molecular weight excluding hydrogens is 216 g/mol. The second-order valence-electron chi connectivity index (χ2n) is 4.78. The molecule has 1 amide bonds. The number of hydrogen-bond donors (Lipinski definition) is 2. The van der Waals surface area contributed by atoms with Crippen LogP contribution in [0.15, 0.2) is 30.3 Å². The summed E-state index contributed by atoms with van der Waals surface area (Å²) in [6.45, 7) is 3.92. The molecule has 17 heavy (non-hydrogen) atoms. The van der Waals surface area contributed by atoms with Crippen molar-refractivity contribution in [1.82, 2.24) is 4.90 Å². The second kappa shape index (κ2) is 5.68. The fourth-order valence-electron chi connectivity index (χ4n) is 1.54. The van der Waals surface area contributed by atoms with Crippen LogP contribution in [-0.2, 0) is 4.79 Å². The largest absolute Gasteiger partial charge is 0.389 e. The van der Waals surface area contributed by atoms with E-state index in [0.717, 1.165) is 5.69 Å². The van der Waals surface area contributed by atoms with Crippen LogP contribution in [-0.4, -0.2) is 41.7 Å². The minimum absolute atomic E-state index is 0.0454. The molecule has 0 unspecified atom stereocenters. The summed E-state index contributed by atoms with van der Waals surface area (Å²) in [7, 11) is 1.69. The maximum Gasteiger partial charge on any atom is 0.241 e. The number of amides is 1. The number of aliphatic hydroxyl groups is 1. The van der Waals surface area contributed by atoms with Crippen LogP contribution in [0.4, 0.5) is 5.69 Å². The molecule has 0 saturated carbocycles. The Morgan fingerprint density at radius 2 is 1.94 bits per heavy atom. The van der Waals surface area contributed by atoms with E-state index in [-0.39, 0.29) is 12.5 Å². The van der Waals surface area contributed by atoms with Crippen molar-refractivity contribution in [3.8, 4) is 0 Å². The SMILES string of the molecule is CN(CC(C)(C)O)C(=O)CNc1ccccc1. The van der Waals surface area contributed by atoms with Crippen LogP contribution < -0.4 is 5.32 Å². The van der Waals surface area contributed by atoms with Crippen molar-refractivity contribution >= 4 is 11.6 Å². The lowest BCUT2D eigenvalue weighted by molar-refractivity contribution is -0.130. The summed E-state index contributed by atoms with van der Waals surface area (Å²) in [5.74, 6) is -0.0454. The summed E-state index contributed by atoms with van der Waals surface area (Å²) in [5.41, 5.74) is 0.0504. The van der Waals surface area contributed by atoms with Gasteiger partial charge in [-0.2, -0.15) is 0 Å². The Labute approximate surface area is 102 Å². The number of rotatable bonds is 5. The first-order valence-corrected chi connectivity index (χ1v) is 5.64. The molecule has 0 aliphatic heterocycles. The number of carbonyl (C=O) groups excluding carboxylic acids is 1. The molecule has 1 aromatic rings. The molecule has 4 heteroatoms.